The Bertz CT molecular complexity index is 419. The molecule has 1 aromatic carbocycles. The third-order valence-corrected chi connectivity index (χ3v) is 3.99. The number of anilines is 1. The molecule has 20 heavy (non-hydrogen) atoms. The molecule has 0 spiro atoms. The van der Waals surface area contributed by atoms with Crippen molar-refractivity contribution in [1.29, 1.82) is 0 Å². The molecule has 1 aliphatic rings. The highest BCUT2D eigenvalue weighted by Gasteiger charge is 2.23. The van der Waals surface area contributed by atoms with Gasteiger partial charge in [0, 0.05) is 18.8 Å². The van der Waals surface area contributed by atoms with E-state index >= 15 is 0 Å². The molecule has 0 amide bonds. The van der Waals surface area contributed by atoms with E-state index in [1.165, 1.54) is 23.2 Å². The third kappa shape index (κ3) is 3.74. The van der Waals surface area contributed by atoms with Crippen molar-refractivity contribution in [3.05, 3.63) is 29.3 Å². The summed E-state index contributed by atoms with van der Waals surface area (Å²) in [4.78, 5) is 2.53. The molecule has 0 radical (unpaired) electrons. The van der Waals surface area contributed by atoms with Gasteiger partial charge in [0.15, 0.2) is 0 Å². The third-order valence-electron chi connectivity index (χ3n) is 3.99. The van der Waals surface area contributed by atoms with E-state index in [-0.39, 0.29) is 0 Å². The van der Waals surface area contributed by atoms with Crippen molar-refractivity contribution in [1.82, 2.24) is 5.32 Å². The molecule has 1 atom stereocenters. The van der Waals surface area contributed by atoms with Crippen LogP contribution in [-0.2, 0) is 11.3 Å². The molecule has 0 bridgehead atoms. The molecule has 1 fully saturated rings. The second-order valence-electron chi connectivity index (χ2n) is 5.64. The van der Waals surface area contributed by atoms with Crippen molar-refractivity contribution in [3.63, 3.8) is 0 Å². The Hall–Kier alpha value is -1.06. The molecule has 0 aliphatic carbocycles. The fraction of sp³-hybridized carbons (Fsp3) is 0.647. The number of nitrogens with one attached hydrogen (secondary N) is 1. The van der Waals surface area contributed by atoms with E-state index in [0.717, 1.165) is 39.3 Å². The number of nitrogens with zero attached hydrogens (tertiary/aromatic N) is 1. The van der Waals surface area contributed by atoms with Crippen molar-refractivity contribution in [2.45, 2.75) is 46.2 Å². The van der Waals surface area contributed by atoms with Gasteiger partial charge in [-0.3, -0.25) is 0 Å². The Morgan fingerprint density at radius 3 is 2.95 bits per heavy atom. The van der Waals surface area contributed by atoms with E-state index in [9.17, 15) is 0 Å². The van der Waals surface area contributed by atoms with Crippen LogP contribution in [0.4, 0.5) is 5.69 Å². The standard InChI is InChI=1S/C17H28N2O/c1-4-8-18-12-15-11-14(3)6-7-17(15)19-9-10-20-13-16(19)5-2/h6-7,11,16,18H,4-5,8-10,12-13H2,1-3H3. The lowest BCUT2D eigenvalue weighted by molar-refractivity contribution is 0.0929. The van der Waals surface area contributed by atoms with Crippen molar-refractivity contribution in [2.75, 3.05) is 31.2 Å². The average molecular weight is 276 g/mol. The summed E-state index contributed by atoms with van der Waals surface area (Å²) in [5, 5.41) is 3.53. The molecule has 3 nitrogen and oxygen atoms in total. The molecule has 1 saturated heterocycles. The fourth-order valence-corrected chi connectivity index (χ4v) is 2.85. The molecule has 112 valence electrons. The van der Waals surface area contributed by atoms with Gasteiger partial charge >= 0.3 is 0 Å². The van der Waals surface area contributed by atoms with Gasteiger partial charge in [0.05, 0.1) is 19.3 Å². The van der Waals surface area contributed by atoms with E-state index in [1.807, 2.05) is 0 Å². The smallest absolute Gasteiger partial charge is 0.0670 e. The number of rotatable bonds is 6. The number of ether oxygens (including phenoxy) is 1. The first kappa shape index (κ1) is 15.3. The predicted molar refractivity (Wildman–Crippen MR) is 85.4 cm³/mol. The van der Waals surface area contributed by atoms with Gasteiger partial charge in [-0.1, -0.05) is 31.5 Å². The lowest BCUT2D eigenvalue weighted by Gasteiger charge is -2.38. The summed E-state index contributed by atoms with van der Waals surface area (Å²) in [5.41, 5.74) is 4.14. The number of hydrogen-bond acceptors (Lipinski definition) is 3. The summed E-state index contributed by atoms with van der Waals surface area (Å²) < 4.78 is 5.63. The largest absolute Gasteiger partial charge is 0.377 e. The molecule has 1 unspecified atom stereocenters. The minimum Gasteiger partial charge on any atom is -0.377 e. The second kappa shape index (κ2) is 7.65. The second-order valence-corrected chi connectivity index (χ2v) is 5.64. The van der Waals surface area contributed by atoms with E-state index in [0.29, 0.717) is 6.04 Å². The van der Waals surface area contributed by atoms with Crippen LogP contribution in [-0.4, -0.2) is 32.3 Å². The number of benzene rings is 1. The lowest BCUT2D eigenvalue weighted by atomic mass is 10.0. The van der Waals surface area contributed by atoms with Gasteiger partial charge in [0.2, 0.25) is 0 Å². The maximum absolute atomic E-state index is 5.63. The van der Waals surface area contributed by atoms with Gasteiger partial charge < -0.3 is 15.0 Å². The van der Waals surface area contributed by atoms with Gasteiger partial charge in [0.25, 0.3) is 0 Å². The zero-order chi connectivity index (χ0) is 14.4. The first-order valence-corrected chi connectivity index (χ1v) is 7.90. The van der Waals surface area contributed by atoms with Gasteiger partial charge in [-0.15, -0.1) is 0 Å². The molecule has 0 saturated carbocycles. The van der Waals surface area contributed by atoms with Crippen molar-refractivity contribution in [3.8, 4) is 0 Å². The van der Waals surface area contributed by atoms with Crippen molar-refractivity contribution < 1.29 is 4.74 Å². The SMILES string of the molecule is CCCNCc1cc(C)ccc1N1CCOCC1CC. The Balaban J connectivity index is 2.19. The van der Waals surface area contributed by atoms with Gasteiger partial charge in [-0.25, -0.2) is 0 Å². The van der Waals surface area contributed by atoms with Crippen LogP contribution < -0.4 is 10.2 Å². The molecule has 1 N–H and O–H groups in total. The zero-order valence-electron chi connectivity index (χ0n) is 13.1. The summed E-state index contributed by atoms with van der Waals surface area (Å²) in [7, 11) is 0. The van der Waals surface area contributed by atoms with Crippen LogP contribution in [0.25, 0.3) is 0 Å². The normalized spacial score (nSPS) is 19.4. The molecule has 3 heteroatoms. The molecular formula is C17H28N2O. The zero-order valence-corrected chi connectivity index (χ0v) is 13.1. The number of hydrogen-bond donors (Lipinski definition) is 1. The summed E-state index contributed by atoms with van der Waals surface area (Å²) in [6.45, 7) is 11.4. The quantitative estimate of drug-likeness (QED) is 0.808. The summed E-state index contributed by atoms with van der Waals surface area (Å²) in [6.07, 6.45) is 2.31. The Labute approximate surface area is 123 Å². The van der Waals surface area contributed by atoms with Crippen molar-refractivity contribution >= 4 is 5.69 Å². The van der Waals surface area contributed by atoms with Crippen LogP contribution in [0.2, 0.25) is 0 Å². The monoisotopic (exact) mass is 276 g/mol. The van der Waals surface area contributed by atoms with Crippen LogP contribution in [0.15, 0.2) is 18.2 Å². The minimum atomic E-state index is 0.511. The van der Waals surface area contributed by atoms with Gasteiger partial charge in [-0.05, 0) is 37.9 Å². The van der Waals surface area contributed by atoms with Crippen LogP contribution in [0.3, 0.4) is 0 Å². The minimum absolute atomic E-state index is 0.511. The number of aryl methyl sites for hydroxylation is 1. The Morgan fingerprint density at radius 2 is 2.20 bits per heavy atom. The molecule has 2 rings (SSSR count). The molecule has 1 aromatic rings. The highest BCUT2D eigenvalue weighted by molar-refractivity contribution is 5.56. The fourth-order valence-electron chi connectivity index (χ4n) is 2.85. The number of morpholine rings is 1. The first-order valence-electron chi connectivity index (χ1n) is 7.90. The molecule has 1 aliphatic heterocycles. The molecular weight excluding hydrogens is 248 g/mol. The molecule has 1 heterocycles. The topological polar surface area (TPSA) is 24.5 Å². The first-order chi connectivity index (χ1) is 9.76. The Morgan fingerprint density at radius 1 is 1.35 bits per heavy atom. The van der Waals surface area contributed by atoms with E-state index in [1.54, 1.807) is 0 Å². The van der Waals surface area contributed by atoms with Crippen LogP contribution in [0, 0.1) is 6.92 Å². The van der Waals surface area contributed by atoms with E-state index in [2.05, 4.69) is 49.2 Å². The summed E-state index contributed by atoms with van der Waals surface area (Å²) >= 11 is 0. The van der Waals surface area contributed by atoms with Crippen LogP contribution in [0.1, 0.15) is 37.8 Å². The maximum Gasteiger partial charge on any atom is 0.0670 e. The van der Waals surface area contributed by atoms with Gasteiger partial charge in [0.1, 0.15) is 0 Å². The predicted octanol–water partition coefficient (Wildman–Crippen LogP) is 3.11. The maximum atomic E-state index is 5.63. The van der Waals surface area contributed by atoms with Crippen LogP contribution >= 0.6 is 0 Å². The van der Waals surface area contributed by atoms with E-state index < -0.39 is 0 Å². The highest BCUT2D eigenvalue weighted by atomic mass is 16.5. The average Bonchev–Trinajstić information content (AvgIpc) is 2.48. The van der Waals surface area contributed by atoms with E-state index in [4.69, 9.17) is 4.74 Å². The highest BCUT2D eigenvalue weighted by Crippen LogP contribution is 2.26. The molecule has 0 aromatic heterocycles. The van der Waals surface area contributed by atoms with Crippen LogP contribution in [0.5, 0.6) is 0 Å². The lowest BCUT2D eigenvalue weighted by Crippen LogP contribution is -2.45. The van der Waals surface area contributed by atoms with Gasteiger partial charge in [-0.2, -0.15) is 0 Å². The Kier molecular flexibility index (Phi) is 5.86. The summed E-state index contributed by atoms with van der Waals surface area (Å²) in [5.74, 6) is 0. The summed E-state index contributed by atoms with van der Waals surface area (Å²) in [6, 6.07) is 7.34. The van der Waals surface area contributed by atoms with Crippen molar-refractivity contribution in [2.24, 2.45) is 0 Å².